The van der Waals surface area contributed by atoms with Crippen LogP contribution in [0.5, 0.6) is 0 Å². The number of nitrogens with one attached hydrogen (secondary N) is 1. The van der Waals surface area contributed by atoms with E-state index >= 15 is 0 Å². The van der Waals surface area contributed by atoms with E-state index in [1.807, 2.05) is 6.07 Å². The maximum Gasteiger partial charge on any atom is 0.255 e. The van der Waals surface area contributed by atoms with E-state index in [9.17, 15) is 14.3 Å². The number of hydrogen-bond acceptors (Lipinski definition) is 6. The fourth-order valence-corrected chi connectivity index (χ4v) is 2.58. The molecule has 0 aromatic carbocycles. The number of fused-ring (bicyclic) bond motifs is 1. The van der Waals surface area contributed by atoms with Crippen molar-refractivity contribution in [3.8, 4) is 17.5 Å². The summed E-state index contributed by atoms with van der Waals surface area (Å²) in [6.45, 7) is 2.30. The Labute approximate surface area is 160 Å². The highest BCUT2D eigenvalue weighted by Crippen LogP contribution is 2.24. The van der Waals surface area contributed by atoms with Crippen LogP contribution in [-0.4, -0.2) is 43.9 Å². The van der Waals surface area contributed by atoms with E-state index in [1.165, 1.54) is 32.3 Å². The van der Waals surface area contributed by atoms with Gasteiger partial charge in [-0.2, -0.15) is 10.4 Å². The van der Waals surface area contributed by atoms with Crippen LogP contribution in [0.2, 0.25) is 0 Å². The van der Waals surface area contributed by atoms with Gasteiger partial charge in [0, 0.05) is 11.9 Å². The molecule has 0 bridgehead atoms. The second kappa shape index (κ2) is 7.25. The molecule has 0 aliphatic heterocycles. The largest absolute Gasteiger partial charge is 0.398 e. The molecule has 1 atom stereocenters. The Morgan fingerprint density at radius 3 is 2.82 bits per heavy atom. The van der Waals surface area contributed by atoms with Crippen molar-refractivity contribution in [1.29, 1.82) is 5.26 Å². The Morgan fingerprint density at radius 1 is 1.43 bits per heavy atom. The van der Waals surface area contributed by atoms with Gasteiger partial charge < -0.3 is 16.2 Å². The summed E-state index contributed by atoms with van der Waals surface area (Å²) in [5, 5.41) is 25.2. The van der Waals surface area contributed by atoms with Crippen molar-refractivity contribution in [2.24, 2.45) is 0 Å². The molecule has 0 aliphatic carbocycles. The number of pyridine rings is 1. The van der Waals surface area contributed by atoms with Crippen LogP contribution < -0.4 is 11.1 Å². The van der Waals surface area contributed by atoms with E-state index in [-0.39, 0.29) is 17.8 Å². The summed E-state index contributed by atoms with van der Waals surface area (Å²) in [5.74, 6) is -0.583. The lowest BCUT2D eigenvalue weighted by Crippen LogP contribution is -2.42. The number of nitrogens with two attached hydrogens (primary N) is 1. The van der Waals surface area contributed by atoms with Crippen molar-refractivity contribution >= 4 is 17.1 Å². The molecule has 9 heteroatoms. The molecule has 4 N–H and O–H groups in total. The number of alkyl halides is 1. The van der Waals surface area contributed by atoms with Gasteiger partial charge in [0.05, 0.1) is 46.4 Å². The van der Waals surface area contributed by atoms with Gasteiger partial charge in [0.2, 0.25) is 0 Å². The second-order valence-electron chi connectivity index (χ2n) is 6.90. The Balaban J connectivity index is 1.83. The fraction of sp³-hybridized carbons (Fsp3) is 0.263. The van der Waals surface area contributed by atoms with Crippen molar-refractivity contribution in [2.75, 3.05) is 12.3 Å². The minimum Gasteiger partial charge on any atom is -0.398 e. The molecule has 3 heterocycles. The first kappa shape index (κ1) is 19.3. The molecule has 0 saturated carbocycles. The van der Waals surface area contributed by atoms with Crippen LogP contribution in [0.3, 0.4) is 0 Å². The minimum absolute atomic E-state index is 0.104. The zero-order valence-electron chi connectivity index (χ0n) is 15.3. The number of hydrogen-bond donors (Lipinski definition) is 3. The van der Waals surface area contributed by atoms with Gasteiger partial charge in [-0.25, -0.2) is 8.91 Å². The summed E-state index contributed by atoms with van der Waals surface area (Å²) in [6.07, 6.45) is 1.12. The minimum atomic E-state index is -1.62. The van der Waals surface area contributed by atoms with Crippen LogP contribution in [0.25, 0.3) is 16.9 Å². The Kier molecular flexibility index (Phi) is 4.98. The number of aliphatic hydroxyl groups is 1. The predicted molar refractivity (Wildman–Crippen MR) is 101 cm³/mol. The Hall–Kier alpha value is -3.51. The molecule has 8 nitrogen and oxygen atoms in total. The zero-order chi connectivity index (χ0) is 20.5. The highest BCUT2D eigenvalue weighted by atomic mass is 19.1. The number of nitrogens with zero attached hydrogens (tertiary/aromatic N) is 4. The molecule has 1 amide bonds. The molecule has 0 saturated heterocycles. The van der Waals surface area contributed by atoms with E-state index in [1.54, 1.807) is 22.7 Å². The lowest BCUT2D eigenvalue weighted by Gasteiger charge is -2.22. The SMILES string of the molecule is CC(C)(O)C(F)CNC(=O)c1cnc(-c2ccc3cc(C#N)cnn23)cc1N. The summed E-state index contributed by atoms with van der Waals surface area (Å²) < 4.78 is 15.4. The number of carbonyl (C=O) groups excluding carboxylic acids is 1. The number of nitrogen functional groups attached to an aromatic ring is 1. The second-order valence-corrected chi connectivity index (χ2v) is 6.90. The number of amides is 1. The number of anilines is 1. The summed E-state index contributed by atoms with van der Waals surface area (Å²) in [6, 6.07) is 8.82. The molecule has 0 aliphatic rings. The van der Waals surface area contributed by atoms with Crippen LogP contribution >= 0.6 is 0 Å². The van der Waals surface area contributed by atoms with Gasteiger partial charge in [-0.05, 0) is 38.1 Å². The average molecular weight is 382 g/mol. The third kappa shape index (κ3) is 3.77. The fourth-order valence-electron chi connectivity index (χ4n) is 2.58. The van der Waals surface area contributed by atoms with E-state index in [0.29, 0.717) is 17.0 Å². The maximum absolute atomic E-state index is 13.8. The van der Waals surface area contributed by atoms with E-state index < -0.39 is 17.7 Å². The van der Waals surface area contributed by atoms with Crippen LogP contribution in [0.15, 0.2) is 36.7 Å². The summed E-state index contributed by atoms with van der Waals surface area (Å²) in [4.78, 5) is 16.5. The van der Waals surface area contributed by atoms with Crippen LogP contribution in [-0.2, 0) is 0 Å². The van der Waals surface area contributed by atoms with Gasteiger partial charge in [-0.15, -0.1) is 0 Å². The Morgan fingerprint density at radius 2 is 2.18 bits per heavy atom. The smallest absolute Gasteiger partial charge is 0.255 e. The number of carbonyl (C=O) groups is 1. The lowest BCUT2D eigenvalue weighted by molar-refractivity contribution is -0.00177. The number of rotatable bonds is 5. The van der Waals surface area contributed by atoms with E-state index in [2.05, 4.69) is 15.4 Å². The quantitative estimate of drug-likeness (QED) is 0.616. The molecule has 1 unspecified atom stereocenters. The molecule has 3 aromatic rings. The van der Waals surface area contributed by atoms with Crippen molar-refractivity contribution < 1.29 is 14.3 Å². The molecule has 28 heavy (non-hydrogen) atoms. The van der Waals surface area contributed by atoms with Gasteiger partial charge in [-0.1, -0.05) is 0 Å². The first-order chi connectivity index (χ1) is 13.2. The normalized spacial score (nSPS) is 12.5. The van der Waals surface area contributed by atoms with Crippen molar-refractivity contribution in [3.05, 3.63) is 47.8 Å². The first-order valence-corrected chi connectivity index (χ1v) is 8.49. The zero-order valence-corrected chi connectivity index (χ0v) is 15.3. The van der Waals surface area contributed by atoms with Crippen LogP contribution in [0.1, 0.15) is 29.8 Å². The monoisotopic (exact) mass is 382 g/mol. The molecular weight excluding hydrogens is 363 g/mol. The topological polar surface area (TPSA) is 129 Å². The first-order valence-electron chi connectivity index (χ1n) is 8.49. The third-order valence-corrected chi connectivity index (χ3v) is 4.28. The van der Waals surface area contributed by atoms with Crippen molar-refractivity contribution in [2.45, 2.75) is 25.6 Å². The van der Waals surface area contributed by atoms with Gasteiger partial charge in [0.1, 0.15) is 12.2 Å². The van der Waals surface area contributed by atoms with Gasteiger partial charge in [-0.3, -0.25) is 9.78 Å². The van der Waals surface area contributed by atoms with Gasteiger partial charge >= 0.3 is 0 Å². The molecule has 0 fully saturated rings. The van der Waals surface area contributed by atoms with Crippen molar-refractivity contribution in [3.63, 3.8) is 0 Å². The number of nitriles is 1. The molecule has 0 spiro atoms. The Bertz CT molecular complexity index is 1080. The highest BCUT2D eigenvalue weighted by molar-refractivity contribution is 5.99. The summed E-state index contributed by atoms with van der Waals surface area (Å²) >= 11 is 0. The van der Waals surface area contributed by atoms with Crippen molar-refractivity contribution in [1.82, 2.24) is 19.9 Å². The molecule has 3 aromatic heterocycles. The number of halogens is 1. The van der Waals surface area contributed by atoms with E-state index in [4.69, 9.17) is 11.0 Å². The predicted octanol–water partition coefficient (Wildman–Crippen LogP) is 1.69. The van der Waals surface area contributed by atoms with Gasteiger partial charge in [0.25, 0.3) is 5.91 Å². The highest BCUT2D eigenvalue weighted by Gasteiger charge is 2.27. The summed E-state index contributed by atoms with van der Waals surface area (Å²) in [5.41, 5.74) is 7.00. The molecule has 144 valence electrons. The molecule has 0 radical (unpaired) electrons. The van der Waals surface area contributed by atoms with Crippen LogP contribution in [0.4, 0.5) is 10.1 Å². The molecule has 3 rings (SSSR count). The van der Waals surface area contributed by atoms with E-state index in [0.717, 1.165) is 5.52 Å². The summed E-state index contributed by atoms with van der Waals surface area (Å²) in [7, 11) is 0. The van der Waals surface area contributed by atoms with Gasteiger partial charge in [0.15, 0.2) is 0 Å². The maximum atomic E-state index is 13.8. The average Bonchev–Trinajstić information content (AvgIpc) is 3.07. The lowest BCUT2D eigenvalue weighted by atomic mass is 10.0. The number of aromatic nitrogens is 3. The molecular formula is C19H19FN6O2. The standard InChI is InChI=1S/C19H19FN6O2/c1-19(2,28)17(20)10-24-18(27)13-9-23-15(6-14(13)22)16-4-3-12-5-11(7-21)8-25-26(12)16/h3-6,8-9,17,28H,10H2,1-2H3,(H2,22,23)(H,24,27). The third-order valence-electron chi connectivity index (χ3n) is 4.28. The van der Waals surface area contributed by atoms with Crippen LogP contribution in [0, 0.1) is 11.3 Å².